The van der Waals surface area contributed by atoms with Gasteiger partial charge < -0.3 is 15.0 Å². The Kier molecular flexibility index (Phi) is 4.20. The predicted octanol–water partition coefficient (Wildman–Crippen LogP) is 1.53. The third-order valence-corrected chi connectivity index (χ3v) is 2.47. The molecule has 1 saturated heterocycles. The molecule has 1 heterocycles. The van der Waals surface area contributed by atoms with Gasteiger partial charge in [-0.1, -0.05) is 0 Å². The molecule has 0 aromatic rings. The van der Waals surface area contributed by atoms with Crippen LogP contribution in [0.2, 0.25) is 0 Å². The van der Waals surface area contributed by atoms with Crippen molar-refractivity contribution in [2.45, 2.75) is 45.3 Å². The lowest BCUT2D eigenvalue weighted by molar-refractivity contribution is 0.0477. The van der Waals surface area contributed by atoms with Gasteiger partial charge in [-0.3, -0.25) is 0 Å². The molecule has 0 unspecified atom stereocenters. The predicted molar refractivity (Wildman–Crippen MR) is 60.0 cm³/mol. The minimum atomic E-state index is -1.15. The number of nitrogens with zero attached hydrogens (tertiary/aromatic N) is 1. The Hall–Kier alpha value is -1.46. The van der Waals surface area contributed by atoms with Crippen molar-refractivity contribution in [1.82, 2.24) is 10.2 Å². The van der Waals surface area contributed by atoms with Crippen molar-refractivity contribution in [2.24, 2.45) is 0 Å². The van der Waals surface area contributed by atoms with Gasteiger partial charge >= 0.3 is 12.2 Å². The average molecular weight is 243 g/mol. The molecule has 1 fully saturated rings. The monoisotopic (exact) mass is 243 g/mol. The summed E-state index contributed by atoms with van der Waals surface area (Å²) in [5.74, 6) is 0. The molecular formula is C11H19N2O4. The molecule has 6 heteroatoms. The molecule has 1 aliphatic heterocycles. The van der Waals surface area contributed by atoms with Crippen LogP contribution in [0.25, 0.3) is 0 Å². The maximum absolute atomic E-state index is 11.5. The molecule has 0 bridgehead atoms. The van der Waals surface area contributed by atoms with Crippen LogP contribution >= 0.6 is 0 Å². The van der Waals surface area contributed by atoms with Crippen LogP contribution in [0.4, 0.5) is 9.59 Å². The molecule has 0 aromatic heterocycles. The van der Waals surface area contributed by atoms with Crippen LogP contribution in [0.1, 0.15) is 33.6 Å². The Morgan fingerprint density at radius 2 is 1.76 bits per heavy atom. The number of carbonyl (C=O) groups excluding carboxylic acids is 2. The van der Waals surface area contributed by atoms with Gasteiger partial charge in [0.2, 0.25) is 0 Å². The highest BCUT2D eigenvalue weighted by Gasteiger charge is 2.25. The molecule has 0 spiro atoms. The van der Waals surface area contributed by atoms with Gasteiger partial charge in [-0.2, -0.15) is 0 Å². The number of hydrogen-bond donors (Lipinski definition) is 1. The highest BCUT2D eigenvalue weighted by Crippen LogP contribution is 2.12. The molecule has 2 amide bonds. The molecule has 0 saturated carbocycles. The highest BCUT2D eigenvalue weighted by atomic mass is 16.6. The molecule has 6 nitrogen and oxygen atoms in total. The molecule has 0 atom stereocenters. The van der Waals surface area contributed by atoms with E-state index in [1.165, 1.54) is 4.90 Å². The van der Waals surface area contributed by atoms with Crippen LogP contribution in [0.3, 0.4) is 0 Å². The lowest BCUT2D eigenvalue weighted by Gasteiger charge is -2.30. The van der Waals surface area contributed by atoms with Crippen LogP contribution in [0.15, 0.2) is 0 Å². The van der Waals surface area contributed by atoms with Crippen LogP contribution in [-0.2, 0) is 9.84 Å². The van der Waals surface area contributed by atoms with E-state index in [9.17, 15) is 14.7 Å². The Morgan fingerprint density at radius 1 is 1.24 bits per heavy atom. The summed E-state index contributed by atoms with van der Waals surface area (Å²) < 4.78 is 5.12. The van der Waals surface area contributed by atoms with Crippen molar-refractivity contribution < 1.29 is 19.4 Å². The van der Waals surface area contributed by atoms with Crippen molar-refractivity contribution in [3.63, 3.8) is 0 Å². The van der Waals surface area contributed by atoms with E-state index in [2.05, 4.69) is 5.32 Å². The van der Waals surface area contributed by atoms with Gasteiger partial charge in [0.15, 0.2) is 0 Å². The molecule has 1 radical (unpaired) electrons. The van der Waals surface area contributed by atoms with E-state index in [0.717, 1.165) is 0 Å². The summed E-state index contributed by atoms with van der Waals surface area (Å²) in [5.41, 5.74) is -0.518. The minimum absolute atomic E-state index is 0.0274. The van der Waals surface area contributed by atoms with Crippen LogP contribution in [-0.4, -0.2) is 41.8 Å². The summed E-state index contributed by atoms with van der Waals surface area (Å²) in [6.45, 7) is 6.17. The van der Waals surface area contributed by atoms with E-state index in [1.807, 2.05) is 0 Å². The van der Waals surface area contributed by atoms with Gasteiger partial charge in [0.1, 0.15) is 5.60 Å². The number of nitrogens with one attached hydrogen (secondary N) is 1. The summed E-state index contributed by atoms with van der Waals surface area (Å²) in [6, 6.07) is -0.0274. The summed E-state index contributed by atoms with van der Waals surface area (Å²) in [4.78, 5) is 23.3. The van der Waals surface area contributed by atoms with Crippen LogP contribution in [0, 0.1) is 0 Å². The number of hydrogen-bond acceptors (Lipinski definition) is 3. The number of rotatable bonds is 1. The normalized spacial score (nSPS) is 17.7. The highest BCUT2D eigenvalue weighted by molar-refractivity contribution is 5.68. The fourth-order valence-electron chi connectivity index (χ4n) is 1.68. The first-order chi connectivity index (χ1) is 7.78. The van der Waals surface area contributed by atoms with E-state index in [4.69, 9.17) is 4.74 Å². The van der Waals surface area contributed by atoms with Gasteiger partial charge in [0.05, 0.1) is 0 Å². The van der Waals surface area contributed by atoms with Gasteiger partial charge in [-0.05, 0) is 33.6 Å². The van der Waals surface area contributed by atoms with E-state index < -0.39 is 17.8 Å². The van der Waals surface area contributed by atoms with E-state index in [1.54, 1.807) is 20.8 Å². The van der Waals surface area contributed by atoms with Gasteiger partial charge in [-0.15, -0.1) is 0 Å². The van der Waals surface area contributed by atoms with Crippen LogP contribution in [0.5, 0.6) is 0 Å². The molecule has 1 N–H and O–H groups in total. The van der Waals surface area contributed by atoms with Crippen molar-refractivity contribution in [2.75, 3.05) is 13.1 Å². The summed E-state index contributed by atoms with van der Waals surface area (Å²) in [7, 11) is 0. The standard InChI is InChI=1S/C11H19N2O4/c1-11(2,3)17-9(14)12-8-4-6-13(7-5-8)10(15)16/h8H,4-7H2,1-3H3,(H,12,14). The zero-order valence-electron chi connectivity index (χ0n) is 10.5. The van der Waals surface area contributed by atoms with Crippen molar-refractivity contribution in [3.8, 4) is 0 Å². The molecule has 1 aliphatic rings. The molecule has 0 aliphatic carbocycles. The first-order valence-electron chi connectivity index (χ1n) is 5.73. The number of alkyl carbamates (subject to hydrolysis) is 1. The summed E-state index contributed by atoms with van der Waals surface area (Å²) >= 11 is 0. The molecule has 97 valence electrons. The zero-order chi connectivity index (χ0) is 13.1. The fourth-order valence-corrected chi connectivity index (χ4v) is 1.68. The Bertz CT molecular complexity index is 290. The third kappa shape index (κ3) is 4.93. The third-order valence-electron chi connectivity index (χ3n) is 2.47. The fraction of sp³-hybridized carbons (Fsp3) is 0.818. The van der Waals surface area contributed by atoms with Gasteiger partial charge in [0.25, 0.3) is 0 Å². The van der Waals surface area contributed by atoms with Gasteiger partial charge in [0, 0.05) is 19.1 Å². The topological polar surface area (TPSA) is 78.5 Å². The number of piperidine rings is 1. The summed E-state index contributed by atoms with van der Waals surface area (Å²) in [5, 5.41) is 13.3. The first kappa shape index (κ1) is 13.6. The second-order valence-corrected chi connectivity index (χ2v) is 5.17. The Labute approximate surface area is 101 Å². The maximum atomic E-state index is 11.5. The molecule has 1 rings (SSSR count). The lowest BCUT2D eigenvalue weighted by Crippen LogP contribution is -2.47. The largest absolute Gasteiger partial charge is 0.453 e. The SMILES string of the molecule is CC(C)(C)OC(=O)NC1CCN(C([O])=O)CC1. The van der Waals surface area contributed by atoms with Crippen molar-refractivity contribution in [1.29, 1.82) is 0 Å². The average Bonchev–Trinajstić information content (AvgIpc) is 2.15. The number of ether oxygens (including phenoxy) is 1. The summed E-state index contributed by atoms with van der Waals surface area (Å²) in [6.07, 6.45) is -0.425. The van der Waals surface area contributed by atoms with Crippen LogP contribution < -0.4 is 5.32 Å². The number of carbonyl (C=O) groups is 2. The van der Waals surface area contributed by atoms with E-state index in [-0.39, 0.29) is 6.04 Å². The second kappa shape index (κ2) is 5.25. The Balaban J connectivity index is 2.31. The smallest absolute Gasteiger partial charge is 0.444 e. The quantitative estimate of drug-likeness (QED) is 0.758. The lowest BCUT2D eigenvalue weighted by atomic mass is 10.1. The zero-order valence-corrected chi connectivity index (χ0v) is 10.5. The van der Waals surface area contributed by atoms with E-state index in [0.29, 0.717) is 25.9 Å². The van der Waals surface area contributed by atoms with Crippen molar-refractivity contribution in [3.05, 3.63) is 0 Å². The molecule has 17 heavy (non-hydrogen) atoms. The number of likely N-dealkylation sites (tertiary alicyclic amines) is 1. The number of amides is 2. The maximum Gasteiger partial charge on any atom is 0.453 e. The Morgan fingerprint density at radius 3 is 2.18 bits per heavy atom. The molecular weight excluding hydrogens is 224 g/mol. The first-order valence-corrected chi connectivity index (χ1v) is 5.73. The van der Waals surface area contributed by atoms with Gasteiger partial charge in [-0.25, -0.2) is 14.7 Å². The second-order valence-electron chi connectivity index (χ2n) is 5.17. The molecule has 0 aromatic carbocycles. The van der Waals surface area contributed by atoms with E-state index >= 15 is 0 Å². The van der Waals surface area contributed by atoms with Crippen molar-refractivity contribution >= 4 is 12.2 Å². The minimum Gasteiger partial charge on any atom is -0.444 e.